The summed E-state index contributed by atoms with van der Waals surface area (Å²) in [6, 6.07) is 15.1. The van der Waals surface area contributed by atoms with Crippen LogP contribution in [-0.2, 0) is 19.1 Å². The molecule has 2 aromatic rings. The minimum absolute atomic E-state index is 0.0557. The minimum Gasteiger partial charge on any atom is -0.481 e. The van der Waals surface area contributed by atoms with Gasteiger partial charge in [0.1, 0.15) is 6.61 Å². The highest BCUT2D eigenvalue weighted by Crippen LogP contribution is 2.44. The van der Waals surface area contributed by atoms with Crippen LogP contribution in [0.4, 0.5) is 4.79 Å². The van der Waals surface area contributed by atoms with Gasteiger partial charge in [0.2, 0.25) is 0 Å². The maximum absolute atomic E-state index is 12.8. The van der Waals surface area contributed by atoms with Crippen molar-refractivity contribution in [2.75, 3.05) is 13.2 Å². The summed E-state index contributed by atoms with van der Waals surface area (Å²) >= 11 is 0. The molecule has 8 heteroatoms. The molecule has 2 aliphatic rings. The van der Waals surface area contributed by atoms with Gasteiger partial charge in [0.05, 0.1) is 12.5 Å². The van der Waals surface area contributed by atoms with Crippen LogP contribution in [0, 0.1) is 5.92 Å². The first-order valence-corrected chi connectivity index (χ1v) is 11.6. The number of alkyl carbamates (subject to hydrolysis) is 1. The Morgan fingerprint density at radius 2 is 1.68 bits per heavy atom. The predicted octanol–water partition coefficient (Wildman–Crippen LogP) is 3.30. The first-order chi connectivity index (χ1) is 16.3. The molecule has 1 heterocycles. The Balaban J connectivity index is 1.36. The zero-order valence-electron chi connectivity index (χ0n) is 19.3. The number of carbonyl (C=O) groups is 3. The van der Waals surface area contributed by atoms with Gasteiger partial charge in [-0.05, 0) is 34.6 Å². The summed E-state index contributed by atoms with van der Waals surface area (Å²) in [5.74, 6) is -1.53. The summed E-state index contributed by atoms with van der Waals surface area (Å²) in [5.41, 5.74) is 4.54. The molecule has 1 aliphatic carbocycles. The lowest BCUT2D eigenvalue weighted by molar-refractivity contribution is -0.138. The minimum atomic E-state index is -0.986. The lowest BCUT2D eigenvalue weighted by Gasteiger charge is -2.25. The van der Waals surface area contributed by atoms with Crippen LogP contribution in [0.15, 0.2) is 48.5 Å². The number of fused-ring (bicyclic) bond motifs is 3. The summed E-state index contributed by atoms with van der Waals surface area (Å²) < 4.78 is 11.1. The SMILES string of the molecule is CC(C)C(CC(=O)O)NC(=O)[C@@H]1OCC[C@@H]1NC(=O)OCC1c2ccccc2-c2ccccc21. The smallest absolute Gasteiger partial charge is 0.407 e. The molecule has 2 aromatic carbocycles. The topological polar surface area (TPSA) is 114 Å². The van der Waals surface area contributed by atoms with E-state index < -0.39 is 36.2 Å². The van der Waals surface area contributed by atoms with Crippen LogP contribution >= 0.6 is 0 Å². The molecule has 0 aromatic heterocycles. The second-order valence-electron chi connectivity index (χ2n) is 9.11. The molecule has 1 aliphatic heterocycles. The fraction of sp³-hybridized carbons (Fsp3) is 0.423. The molecule has 0 bridgehead atoms. The zero-order chi connectivity index (χ0) is 24.2. The zero-order valence-corrected chi connectivity index (χ0v) is 19.3. The molecule has 180 valence electrons. The molecule has 4 rings (SSSR count). The molecular weight excluding hydrogens is 436 g/mol. The van der Waals surface area contributed by atoms with E-state index in [4.69, 9.17) is 14.6 Å². The predicted molar refractivity (Wildman–Crippen MR) is 125 cm³/mol. The molecule has 2 amide bonds. The van der Waals surface area contributed by atoms with E-state index in [9.17, 15) is 14.4 Å². The Morgan fingerprint density at radius 1 is 1.06 bits per heavy atom. The van der Waals surface area contributed by atoms with Crippen LogP contribution < -0.4 is 10.6 Å². The van der Waals surface area contributed by atoms with E-state index in [-0.39, 0.29) is 24.9 Å². The molecule has 1 fully saturated rings. The maximum Gasteiger partial charge on any atom is 0.407 e. The van der Waals surface area contributed by atoms with Crippen LogP contribution in [0.2, 0.25) is 0 Å². The van der Waals surface area contributed by atoms with Crippen molar-refractivity contribution in [1.82, 2.24) is 10.6 Å². The Bertz CT molecular complexity index is 1020. The van der Waals surface area contributed by atoms with Gasteiger partial charge in [-0.2, -0.15) is 0 Å². The Morgan fingerprint density at radius 3 is 2.26 bits per heavy atom. The van der Waals surface area contributed by atoms with Crippen molar-refractivity contribution in [2.24, 2.45) is 5.92 Å². The van der Waals surface area contributed by atoms with Gasteiger partial charge in [-0.3, -0.25) is 9.59 Å². The number of nitrogens with one attached hydrogen (secondary N) is 2. The van der Waals surface area contributed by atoms with E-state index >= 15 is 0 Å². The van der Waals surface area contributed by atoms with Crippen LogP contribution in [0.1, 0.15) is 43.7 Å². The van der Waals surface area contributed by atoms with Crippen LogP contribution in [0.25, 0.3) is 11.1 Å². The van der Waals surface area contributed by atoms with Crippen molar-refractivity contribution < 1.29 is 29.0 Å². The van der Waals surface area contributed by atoms with Gasteiger partial charge in [-0.15, -0.1) is 0 Å². The number of aliphatic carboxylic acids is 1. The van der Waals surface area contributed by atoms with Gasteiger partial charge < -0.3 is 25.2 Å². The summed E-state index contributed by atoms with van der Waals surface area (Å²) in [5, 5.41) is 14.6. The van der Waals surface area contributed by atoms with Gasteiger partial charge in [0.25, 0.3) is 5.91 Å². The van der Waals surface area contributed by atoms with Gasteiger partial charge in [0.15, 0.2) is 6.10 Å². The van der Waals surface area contributed by atoms with Crippen molar-refractivity contribution in [2.45, 2.75) is 50.8 Å². The number of carbonyl (C=O) groups excluding carboxylic acids is 2. The number of benzene rings is 2. The number of ether oxygens (including phenoxy) is 2. The number of amides is 2. The van der Waals surface area contributed by atoms with Crippen molar-refractivity contribution >= 4 is 18.0 Å². The van der Waals surface area contributed by atoms with Gasteiger partial charge in [-0.25, -0.2) is 4.79 Å². The van der Waals surface area contributed by atoms with E-state index in [1.54, 1.807) is 0 Å². The highest BCUT2D eigenvalue weighted by molar-refractivity contribution is 5.84. The summed E-state index contributed by atoms with van der Waals surface area (Å²) in [6.07, 6.45) is -1.22. The highest BCUT2D eigenvalue weighted by Gasteiger charge is 2.37. The first-order valence-electron chi connectivity index (χ1n) is 11.6. The lowest BCUT2D eigenvalue weighted by Crippen LogP contribution is -2.52. The fourth-order valence-corrected chi connectivity index (χ4v) is 4.69. The number of hydrogen-bond acceptors (Lipinski definition) is 5. The molecular formula is C26H30N2O6. The van der Waals surface area contributed by atoms with Crippen LogP contribution in [0.5, 0.6) is 0 Å². The summed E-state index contributed by atoms with van der Waals surface area (Å²) in [7, 11) is 0. The first kappa shape index (κ1) is 23.8. The Kier molecular flexibility index (Phi) is 7.17. The number of carboxylic acids is 1. The quantitative estimate of drug-likeness (QED) is 0.550. The molecule has 0 spiro atoms. The molecule has 0 saturated carbocycles. The second kappa shape index (κ2) is 10.3. The van der Waals surface area contributed by atoms with Gasteiger partial charge in [-0.1, -0.05) is 62.4 Å². The Labute approximate surface area is 198 Å². The fourth-order valence-electron chi connectivity index (χ4n) is 4.69. The molecule has 1 unspecified atom stereocenters. The van der Waals surface area contributed by atoms with Crippen LogP contribution in [0.3, 0.4) is 0 Å². The summed E-state index contributed by atoms with van der Waals surface area (Å²) in [4.78, 5) is 36.5. The standard InChI is InChI=1S/C26H30N2O6/c1-15(2)22(13-23(29)30)27-25(31)24-21(11-12-33-24)28-26(32)34-14-20-18-9-5-3-7-16(18)17-8-4-6-10-19(17)20/h3-10,15,20-22,24H,11-14H2,1-2H3,(H,27,31)(H,28,32)(H,29,30)/t21-,22?,24+/m0/s1. The van der Waals surface area contributed by atoms with Crippen molar-refractivity contribution in [3.05, 3.63) is 59.7 Å². The normalized spacial score (nSPS) is 19.9. The average Bonchev–Trinajstić information content (AvgIpc) is 3.39. The molecule has 0 radical (unpaired) electrons. The van der Waals surface area contributed by atoms with Crippen LogP contribution in [-0.4, -0.2) is 54.5 Å². The van der Waals surface area contributed by atoms with Gasteiger partial charge in [0, 0.05) is 18.6 Å². The maximum atomic E-state index is 12.8. The van der Waals surface area contributed by atoms with Crippen molar-refractivity contribution in [1.29, 1.82) is 0 Å². The van der Waals surface area contributed by atoms with Crippen molar-refractivity contribution in [3.8, 4) is 11.1 Å². The Hall–Kier alpha value is -3.39. The highest BCUT2D eigenvalue weighted by atomic mass is 16.6. The molecule has 34 heavy (non-hydrogen) atoms. The third kappa shape index (κ3) is 5.07. The number of carboxylic acid groups (broad SMARTS) is 1. The van der Waals surface area contributed by atoms with E-state index in [0.29, 0.717) is 13.0 Å². The third-order valence-corrected chi connectivity index (χ3v) is 6.52. The monoisotopic (exact) mass is 466 g/mol. The largest absolute Gasteiger partial charge is 0.481 e. The van der Waals surface area contributed by atoms with E-state index in [0.717, 1.165) is 22.3 Å². The van der Waals surface area contributed by atoms with Gasteiger partial charge >= 0.3 is 12.1 Å². The second-order valence-corrected chi connectivity index (χ2v) is 9.11. The lowest BCUT2D eigenvalue weighted by atomic mass is 9.98. The molecule has 1 saturated heterocycles. The summed E-state index contributed by atoms with van der Waals surface area (Å²) in [6.45, 7) is 4.18. The molecule has 8 nitrogen and oxygen atoms in total. The third-order valence-electron chi connectivity index (χ3n) is 6.52. The number of hydrogen-bond donors (Lipinski definition) is 3. The van der Waals surface area contributed by atoms with E-state index in [1.165, 1.54) is 0 Å². The number of rotatable bonds is 8. The molecule has 3 N–H and O–H groups in total. The van der Waals surface area contributed by atoms with Crippen molar-refractivity contribution in [3.63, 3.8) is 0 Å². The van der Waals surface area contributed by atoms with E-state index in [2.05, 4.69) is 34.9 Å². The molecule has 3 atom stereocenters. The van der Waals surface area contributed by atoms with E-state index in [1.807, 2.05) is 38.1 Å². The average molecular weight is 467 g/mol.